The molecule has 1 aromatic carbocycles. The van der Waals surface area contributed by atoms with Gasteiger partial charge < -0.3 is 5.11 Å². The Morgan fingerprint density at radius 1 is 1.35 bits per heavy atom. The van der Waals surface area contributed by atoms with Gasteiger partial charge in [0.05, 0.1) is 6.10 Å². The summed E-state index contributed by atoms with van der Waals surface area (Å²) in [5.41, 5.74) is 5.39. The summed E-state index contributed by atoms with van der Waals surface area (Å²) >= 11 is 0. The maximum atomic E-state index is 10.6. The largest absolute Gasteiger partial charge is 0.388 e. The molecule has 0 amide bonds. The predicted molar refractivity (Wildman–Crippen MR) is 83.9 cm³/mol. The van der Waals surface area contributed by atoms with Gasteiger partial charge >= 0.3 is 0 Å². The van der Waals surface area contributed by atoms with Crippen LogP contribution in [0.4, 0.5) is 0 Å². The van der Waals surface area contributed by atoms with Crippen LogP contribution in [0, 0.1) is 5.92 Å². The molecule has 1 nitrogen and oxygen atoms in total. The molecule has 3 rings (SSSR count). The molecule has 1 saturated carbocycles. The number of aliphatic hydroxyl groups is 1. The van der Waals surface area contributed by atoms with Gasteiger partial charge in [-0.15, -0.1) is 0 Å². The van der Waals surface area contributed by atoms with Gasteiger partial charge in [-0.25, -0.2) is 0 Å². The standard InChI is InChI=1S/C19H26O/c1-12(2)14-7-8-16-15(10-14)18(20)11-17-13(3)6-5-9-19(16,17)4/h7-8,10,12,17-18,20H,3,5-6,9,11H2,1-2,4H3/t17-,18+,19+/m0/s1. The minimum Gasteiger partial charge on any atom is -0.388 e. The Morgan fingerprint density at radius 2 is 2.10 bits per heavy atom. The Balaban J connectivity index is 2.12. The molecule has 0 saturated heterocycles. The molecule has 108 valence electrons. The zero-order valence-electron chi connectivity index (χ0n) is 12.9. The zero-order chi connectivity index (χ0) is 14.5. The van der Waals surface area contributed by atoms with Gasteiger partial charge in [0.25, 0.3) is 0 Å². The summed E-state index contributed by atoms with van der Waals surface area (Å²) in [6.45, 7) is 11.1. The van der Waals surface area contributed by atoms with Crippen LogP contribution in [0.1, 0.15) is 75.2 Å². The zero-order valence-corrected chi connectivity index (χ0v) is 12.9. The van der Waals surface area contributed by atoms with E-state index in [1.54, 1.807) is 0 Å². The fourth-order valence-electron chi connectivity index (χ4n) is 4.32. The van der Waals surface area contributed by atoms with Crippen LogP contribution in [0.3, 0.4) is 0 Å². The lowest BCUT2D eigenvalue weighted by atomic mass is 9.56. The van der Waals surface area contributed by atoms with Crippen LogP contribution in [-0.4, -0.2) is 5.11 Å². The van der Waals surface area contributed by atoms with Crippen LogP contribution in [0.2, 0.25) is 0 Å². The number of fused-ring (bicyclic) bond motifs is 3. The van der Waals surface area contributed by atoms with Gasteiger partial charge in [0, 0.05) is 0 Å². The highest BCUT2D eigenvalue weighted by atomic mass is 16.3. The van der Waals surface area contributed by atoms with Crippen LogP contribution >= 0.6 is 0 Å². The van der Waals surface area contributed by atoms with Crippen molar-refractivity contribution in [2.75, 3.05) is 0 Å². The molecule has 1 aromatic rings. The highest BCUT2D eigenvalue weighted by Gasteiger charge is 2.45. The van der Waals surface area contributed by atoms with E-state index in [0.29, 0.717) is 11.8 Å². The number of aliphatic hydroxyl groups excluding tert-OH is 1. The normalized spacial score (nSPS) is 33.0. The summed E-state index contributed by atoms with van der Waals surface area (Å²) in [6, 6.07) is 6.77. The molecule has 0 heterocycles. The molecule has 0 aromatic heterocycles. The Morgan fingerprint density at radius 3 is 2.80 bits per heavy atom. The van der Waals surface area contributed by atoms with E-state index in [0.717, 1.165) is 12.8 Å². The van der Waals surface area contributed by atoms with E-state index in [9.17, 15) is 5.11 Å². The second-order valence-corrected chi connectivity index (χ2v) is 7.23. The van der Waals surface area contributed by atoms with E-state index in [4.69, 9.17) is 0 Å². The van der Waals surface area contributed by atoms with Gasteiger partial charge in [-0.05, 0) is 59.6 Å². The summed E-state index contributed by atoms with van der Waals surface area (Å²) in [7, 11) is 0. The molecular formula is C19H26O. The predicted octanol–water partition coefficient (Wildman–Crippen LogP) is 4.86. The maximum absolute atomic E-state index is 10.6. The van der Waals surface area contributed by atoms with Crippen molar-refractivity contribution in [3.8, 4) is 0 Å². The van der Waals surface area contributed by atoms with Gasteiger partial charge in [-0.1, -0.05) is 51.1 Å². The van der Waals surface area contributed by atoms with E-state index in [2.05, 4.69) is 45.5 Å². The van der Waals surface area contributed by atoms with Crippen molar-refractivity contribution in [1.29, 1.82) is 0 Å². The SMILES string of the molecule is C=C1CCC[C@]2(C)c3ccc(C(C)C)cc3[C@H](O)C[C@@H]12. The summed E-state index contributed by atoms with van der Waals surface area (Å²) in [5, 5.41) is 10.6. The number of allylic oxidation sites excluding steroid dienone is 1. The molecule has 0 spiro atoms. The van der Waals surface area contributed by atoms with Crippen LogP contribution in [0.15, 0.2) is 30.4 Å². The fourth-order valence-corrected chi connectivity index (χ4v) is 4.32. The Hall–Kier alpha value is -1.08. The highest BCUT2D eigenvalue weighted by Crippen LogP contribution is 2.54. The van der Waals surface area contributed by atoms with E-state index in [1.165, 1.54) is 35.1 Å². The van der Waals surface area contributed by atoms with E-state index in [-0.39, 0.29) is 11.5 Å². The molecule has 1 fully saturated rings. The van der Waals surface area contributed by atoms with Crippen LogP contribution in [0.25, 0.3) is 0 Å². The summed E-state index contributed by atoms with van der Waals surface area (Å²) in [5.74, 6) is 0.961. The third-order valence-electron chi connectivity index (χ3n) is 5.63. The van der Waals surface area contributed by atoms with E-state index >= 15 is 0 Å². The minimum absolute atomic E-state index is 0.180. The third-order valence-corrected chi connectivity index (χ3v) is 5.63. The number of hydrogen-bond acceptors (Lipinski definition) is 1. The molecule has 0 bridgehead atoms. The first-order valence-corrected chi connectivity index (χ1v) is 7.93. The molecular weight excluding hydrogens is 244 g/mol. The molecule has 2 aliphatic rings. The van der Waals surface area contributed by atoms with Gasteiger partial charge in [-0.2, -0.15) is 0 Å². The smallest absolute Gasteiger partial charge is 0.0799 e. The van der Waals surface area contributed by atoms with Gasteiger partial charge in [0.1, 0.15) is 0 Å². The van der Waals surface area contributed by atoms with Crippen LogP contribution < -0.4 is 0 Å². The monoisotopic (exact) mass is 270 g/mol. The lowest BCUT2D eigenvalue weighted by Crippen LogP contribution is -2.41. The topological polar surface area (TPSA) is 20.2 Å². The van der Waals surface area contributed by atoms with E-state index in [1.807, 2.05) is 0 Å². The van der Waals surface area contributed by atoms with Gasteiger partial charge in [-0.3, -0.25) is 0 Å². The summed E-state index contributed by atoms with van der Waals surface area (Å²) in [4.78, 5) is 0. The van der Waals surface area contributed by atoms with Crippen molar-refractivity contribution in [3.63, 3.8) is 0 Å². The van der Waals surface area contributed by atoms with Crippen molar-refractivity contribution in [1.82, 2.24) is 0 Å². The van der Waals surface area contributed by atoms with Crippen LogP contribution in [-0.2, 0) is 5.41 Å². The molecule has 2 aliphatic carbocycles. The molecule has 0 radical (unpaired) electrons. The summed E-state index contributed by atoms with van der Waals surface area (Å²) in [6.07, 6.45) is 4.11. The first kappa shape index (κ1) is 13.9. The van der Waals surface area contributed by atoms with Gasteiger partial charge in [0.15, 0.2) is 0 Å². The first-order valence-electron chi connectivity index (χ1n) is 7.93. The van der Waals surface area contributed by atoms with Crippen molar-refractivity contribution in [2.45, 2.75) is 63.9 Å². The Bertz CT molecular complexity index is 543. The third kappa shape index (κ3) is 1.95. The molecule has 0 unspecified atom stereocenters. The first-order chi connectivity index (χ1) is 9.43. The Kier molecular flexibility index (Phi) is 3.29. The highest BCUT2D eigenvalue weighted by molar-refractivity contribution is 5.44. The Labute approximate surface area is 122 Å². The average molecular weight is 270 g/mol. The molecule has 1 N–H and O–H groups in total. The van der Waals surface area contributed by atoms with E-state index < -0.39 is 0 Å². The minimum atomic E-state index is -0.323. The van der Waals surface area contributed by atoms with Crippen molar-refractivity contribution in [2.24, 2.45) is 5.92 Å². The van der Waals surface area contributed by atoms with Crippen molar-refractivity contribution in [3.05, 3.63) is 47.0 Å². The molecule has 3 atom stereocenters. The molecule has 1 heteroatoms. The quantitative estimate of drug-likeness (QED) is 0.722. The second-order valence-electron chi connectivity index (χ2n) is 7.23. The lowest BCUT2D eigenvalue weighted by Gasteiger charge is -2.49. The van der Waals surface area contributed by atoms with Crippen molar-refractivity contribution < 1.29 is 5.11 Å². The average Bonchev–Trinajstić information content (AvgIpc) is 2.41. The lowest BCUT2D eigenvalue weighted by molar-refractivity contribution is 0.0948. The number of rotatable bonds is 1. The summed E-state index contributed by atoms with van der Waals surface area (Å²) < 4.78 is 0. The van der Waals surface area contributed by atoms with Crippen molar-refractivity contribution >= 4 is 0 Å². The maximum Gasteiger partial charge on any atom is 0.0799 e. The second kappa shape index (κ2) is 4.73. The number of benzene rings is 1. The molecule has 0 aliphatic heterocycles. The molecule has 20 heavy (non-hydrogen) atoms. The van der Waals surface area contributed by atoms with Crippen LogP contribution in [0.5, 0.6) is 0 Å². The number of hydrogen-bond donors (Lipinski definition) is 1. The van der Waals surface area contributed by atoms with Gasteiger partial charge in [0.2, 0.25) is 0 Å². The fraction of sp³-hybridized carbons (Fsp3) is 0.579.